The van der Waals surface area contributed by atoms with E-state index in [4.69, 9.17) is 0 Å². The van der Waals surface area contributed by atoms with Gasteiger partial charge in [0.1, 0.15) is 0 Å². The van der Waals surface area contributed by atoms with Crippen molar-refractivity contribution in [3.63, 3.8) is 0 Å². The van der Waals surface area contributed by atoms with Gasteiger partial charge in [-0.05, 0) is 42.3 Å². The van der Waals surface area contributed by atoms with Gasteiger partial charge in [0.05, 0.1) is 0 Å². The summed E-state index contributed by atoms with van der Waals surface area (Å²) >= 11 is 1.95. The van der Waals surface area contributed by atoms with E-state index in [1.54, 1.807) is 0 Å². The third-order valence-electron chi connectivity index (χ3n) is 3.74. The average Bonchev–Trinajstić information content (AvgIpc) is 2.54. The normalized spacial score (nSPS) is 13.8. The van der Waals surface area contributed by atoms with Crippen molar-refractivity contribution in [2.45, 2.75) is 31.2 Å². The van der Waals surface area contributed by atoms with Crippen LogP contribution < -0.4 is 5.32 Å². The molecule has 2 heteroatoms. The fourth-order valence-electron chi connectivity index (χ4n) is 2.57. The van der Waals surface area contributed by atoms with Crippen LogP contribution in [0.25, 0.3) is 0 Å². The van der Waals surface area contributed by atoms with Crippen LogP contribution in [0.3, 0.4) is 0 Å². The number of hydrogen-bond acceptors (Lipinski definition) is 2. The number of nitrogens with one attached hydrogen (secondary N) is 1. The lowest BCUT2D eigenvalue weighted by molar-refractivity contribution is 0.386. The van der Waals surface area contributed by atoms with Crippen molar-refractivity contribution in [2.75, 3.05) is 12.3 Å². The van der Waals surface area contributed by atoms with E-state index in [-0.39, 0.29) is 0 Å². The Morgan fingerprint density at radius 1 is 0.952 bits per heavy atom. The largest absolute Gasteiger partial charge is 0.310 e. The first-order valence-electron chi connectivity index (χ1n) is 7.77. The van der Waals surface area contributed by atoms with Crippen molar-refractivity contribution >= 4 is 11.8 Å². The van der Waals surface area contributed by atoms with Crippen LogP contribution in [-0.2, 0) is 0 Å². The Morgan fingerprint density at radius 3 is 2.19 bits per heavy atom. The van der Waals surface area contributed by atoms with Gasteiger partial charge in [0.15, 0.2) is 0 Å². The van der Waals surface area contributed by atoms with Gasteiger partial charge in [-0.25, -0.2) is 0 Å². The predicted molar refractivity (Wildman–Crippen MR) is 93.8 cm³/mol. The molecule has 2 rings (SSSR count). The zero-order valence-electron chi connectivity index (χ0n) is 13.0. The van der Waals surface area contributed by atoms with Gasteiger partial charge in [-0.2, -0.15) is 0 Å². The molecule has 0 radical (unpaired) electrons. The lowest BCUT2D eigenvalue weighted by Crippen LogP contribution is -2.27. The van der Waals surface area contributed by atoms with E-state index in [0.717, 1.165) is 6.54 Å². The molecule has 112 valence electrons. The molecule has 0 spiro atoms. The summed E-state index contributed by atoms with van der Waals surface area (Å²) in [4.78, 5) is 1.37. The van der Waals surface area contributed by atoms with Gasteiger partial charge in [0, 0.05) is 10.9 Å². The minimum atomic E-state index is 0.451. The molecule has 0 aliphatic carbocycles. The van der Waals surface area contributed by atoms with Crippen molar-refractivity contribution in [1.82, 2.24) is 5.32 Å². The molecule has 0 aliphatic rings. The molecule has 1 nitrogen and oxygen atoms in total. The third-order valence-corrected chi connectivity index (χ3v) is 4.78. The van der Waals surface area contributed by atoms with Gasteiger partial charge in [-0.1, -0.05) is 62.4 Å². The second kappa shape index (κ2) is 8.91. The molecule has 2 atom stereocenters. The summed E-state index contributed by atoms with van der Waals surface area (Å²) in [6.45, 7) is 5.54. The van der Waals surface area contributed by atoms with Crippen LogP contribution in [-0.4, -0.2) is 12.3 Å². The topological polar surface area (TPSA) is 12.0 Å². The molecule has 0 heterocycles. The maximum Gasteiger partial charge on any atom is 0.0346 e. The Bertz CT molecular complexity index is 497. The number of benzene rings is 2. The maximum absolute atomic E-state index is 3.64. The Balaban J connectivity index is 1.88. The Morgan fingerprint density at radius 2 is 1.57 bits per heavy atom. The summed E-state index contributed by atoms with van der Waals surface area (Å²) in [5.74, 6) is 1.79. The molecule has 0 amide bonds. The molecule has 0 saturated heterocycles. The molecule has 2 aromatic rings. The van der Waals surface area contributed by atoms with Gasteiger partial charge in [-0.15, -0.1) is 11.8 Å². The summed E-state index contributed by atoms with van der Waals surface area (Å²) in [6.07, 6.45) is 1.21. The molecular formula is C19H25NS. The number of rotatable bonds is 8. The quantitative estimate of drug-likeness (QED) is 0.676. The molecule has 0 bridgehead atoms. The molecule has 0 fully saturated rings. The van der Waals surface area contributed by atoms with Gasteiger partial charge < -0.3 is 5.32 Å². The van der Waals surface area contributed by atoms with Gasteiger partial charge in [0.2, 0.25) is 0 Å². The highest BCUT2D eigenvalue weighted by molar-refractivity contribution is 7.99. The number of hydrogen-bond donors (Lipinski definition) is 1. The van der Waals surface area contributed by atoms with E-state index in [9.17, 15) is 0 Å². The summed E-state index contributed by atoms with van der Waals surface area (Å²) in [5.41, 5.74) is 1.40. The summed E-state index contributed by atoms with van der Waals surface area (Å²) in [6, 6.07) is 21.9. The van der Waals surface area contributed by atoms with Crippen LogP contribution >= 0.6 is 11.8 Å². The maximum atomic E-state index is 3.64. The highest BCUT2D eigenvalue weighted by atomic mass is 32.2. The van der Waals surface area contributed by atoms with E-state index in [2.05, 4.69) is 79.8 Å². The van der Waals surface area contributed by atoms with Crippen molar-refractivity contribution < 1.29 is 0 Å². The molecule has 2 unspecified atom stereocenters. The third kappa shape index (κ3) is 5.22. The molecule has 2 aromatic carbocycles. The molecule has 0 saturated carbocycles. The SMILES string of the molecule is CCNC(c1ccccc1)C(C)CCSc1ccccc1. The summed E-state index contributed by atoms with van der Waals surface area (Å²) in [7, 11) is 0. The zero-order valence-corrected chi connectivity index (χ0v) is 13.8. The van der Waals surface area contributed by atoms with Crippen LogP contribution in [0.2, 0.25) is 0 Å². The second-order valence-electron chi connectivity index (χ2n) is 5.37. The van der Waals surface area contributed by atoms with E-state index in [0.29, 0.717) is 12.0 Å². The molecule has 0 aromatic heterocycles. The molecule has 21 heavy (non-hydrogen) atoms. The fourth-order valence-corrected chi connectivity index (χ4v) is 3.65. The minimum Gasteiger partial charge on any atom is -0.310 e. The van der Waals surface area contributed by atoms with Crippen LogP contribution in [0.1, 0.15) is 31.9 Å². The number of thioether (sulfide) groups is 1. The zero-order chi connectivity index (χ0) is 14.9. The Hall–Kier alpha value is -1.25. The molecule has 0 aliphatic heterocycles. The van der Waals surface area contributed by atoms with Gasteiger partial charge >= 0.3 is 0 Å². The first-order chi connectivity index (χ1) is 10.3. The Labute approximate surface area is 133 Å². The van der Waals surface area contributed by atoms with Gasteiger partial charge in [-0.3, -0.25) is 0 Å². The van der Waals surface area contributed by atoms with Crippen molar-refractivity contribution in [3.05, 3.63) is 66.2 Å². The van der Waals surface area contributed by atoms with E-state index in [1.165, 1.54) is 22.6 Å². The van der Waals surface area contributed by atoms with Crippen molar-refractivity contribution in [3.8, 4) is 0 Å². The summed E-state index contributed by atoms with van der Waals surface area (Å²) < 4.78 is 0. The first-order valence-corrected chi connectivity index (χ1v) is 8.76. The van der Waals surface area contributed by atoms with Gasteiger partial charge in [0.25, 0.3) is 0 Å². The average molecular weight is 299 g/mol. The van der Waals surface area contributed by atoms with Crippen LogP contribution in [0, 0.1) is 5.92 Å². The lowest BCUT2D eigenvalue weighted by Gasteiger charge is -2.25. The summed E-state index contributed by atoms with van der Waals surface area (Å²) in [5, 5.41) is 3.64. The Kier molecular flexibility index (Phi) is 6.84. The lowest BCUT2D eigenvalue weighted by atomic mass is 9.92. The first kappa shape index (κ1) is 16.1. The van der Waals surface area contributed by atoms with Crippen LogP contribution in [0.15, 0.2) is 65.6 Å². The van der Waals surface area contributed by atoms with E-state index in [1.807, 2.05) is 11.8 Å². The van der Waals surface area contributed by atoms with Crippen molar-refractivity contribution in [1.29, 1.82) is 0 Å². The smallest absolute Gasteiger partial charge is 0.0346 e. The highest BCUT2D eigenvalue weighted by Gasteiger charge is 2.17. The van der Waals surface area contributed by atoms with Crippen LogP contribution in [0.4, 0.5) is 0 Å². The second-order valence-corrected chi connectivity index (χ2v) is 6.54. The fraction of sp³-hybridized carbons (Fsp3) is 0.368. The van der Waals surface area contributed by atoms with Crippen LogP contribution in [0.5, 0.6) is 0 Å². The van der Waals surface area contributed by atoms with Crippen molar-refractivity contribution in [2.24, 2.45) is 5.92 Å². The van der Waals surface area contributed by atoms with E-state index < -0.39 is 0 Å². The molecule has 1 N–H and O–H groups in total. The van der Waals surface area contributed by atoms with E-state index >= 15 is 0 Å². The minimum absolute atomic E-state index is 0.451. The molecular weight excluding hydrogens is 274 g/mol. The standard InChI is InChI=1S/C19H25NS/c1-3-20-19(17-10-6-4-7-11-17)16(2)14-15-21-18-12-8-5-9-13-18/h4-13,16,19-20H,3,14-15H2,1-2H3. The highest BCUT2D eigenvalue weighted by Crippen LogP contribution is 2.27. The predicted octanol–water partition coefficient (Wildman–Crippen LogP) is 5.16. The monoisotopic (exact) mass is 299 g/mol.